The number of hydrogen-bond donors (Lipinski definition) is 1. The van der Waals surface area contributed by atoms with Gasteiger partial charge in [0, 0.05) is 24.1 Å². The quantitative estimate of drug-likeness (QED) is 0.671. The van der Waals surface area contributed by atoms with Crippen molar-refractivity contribution in [3.05, 3.63) is 0 Å². The summed E-state index contributed by atoms with van der Waals surface area (Å²) in [5, 5.41) is 2.93. The Morgan fingerprint density at radius 2 is 2.31 bits per heavy atom. The van der Waals surface area contributed by atoms with Gasteiger partial charge >= 0.3 is 0 Å². The molecule has 0 aromatic carbocycles. The number of carbonyl (C=O) groups is 1. The molecule has 0 rings (SSSR count). The number of hydrogen-bond acceptors (Lipinski definition) is 2. The predicted octanol–water partition coefficient (Wildman–Crippen LogP) is 2.26. The van der Waals surface area contributed by atoms with E-state index in [0.29, 0.717) is 12.3 Å². The van der Waals surface area contributed by atoms with Crippen LogP contribution in [0.25, 0.3) is 0 Å². The molecule has 0 saturated heterocycles. The molecule has 2 nitrogen and oxygen atoms in total. The maximum Gasteiger partial charge on any atom is 0.220 e. The summed E-state index contributed by atoms with van der Waals surface area (Å²) in [6, 6.07) is 0.271. The van der Waals surface area contributed by atoms with Crippen molar-refractivity contribution in [2.75, 3.05) is 17.4 Å². The number of thioether (sulfide) groups is 1. The Kier molecular flexibility index (Phi) is 8.77. The molecule has 0 bridgehead atoms. The minimum Gasteiger partial charge on any atom is -0.353 e. The van der Waals surface area contributed by atoms with E-state index in [2.05, 4.69) is 12.2 Å². The average molecular weight is 224 g/mol. The molecule has 0 radical (unpaired) electrons. The summed E-state index contributed by atoms with van der Waals surface area (Å²) in [6.07, 6.45) is 1.31. The minimum absolute atomic E-state index is 0.116. The van der Waals surface area contributed by atoms with Crippen molar-refractivity contribution in [1.82, 2.24) is 5.32 Å². The SMILES string of the molecule is CCSCC(C)NC(=O)CCCCl. The number of rotatable bonds is 7. The number of halogens is 1. The summed E-state index contributed by atoms with van der Waals surface area (Å²) >= 11 is 7.32. The first-order chi connectivity index (χ1) is 6.20. The standard InChI is InChI=1S/C9H18ClNOS/c1-3-13-7-8(2)11-9(12)5-4-6-10/h8H,3-7H2,1-2H3,(H,11,12). The Labute approximate surface area is 89.8 Å². The van der Waals surface area contributed by atoms with Gasteiger partial charge < -0.3 is 5.32 Å². The fraction of sp³-hybridized carbons (Fsp3) is 0.889. The molecular weight excluding hydrogens is 206 g/mol. The highest BCUT2D eigenvalue weighted by molar-refractivity contribution is 7.99. The Hall–Kier alpha value is 0.110. The molecular formula is C9H18ClNOS. The average Bonchev–Trinajstić information content (AvgIpc) is 2.11. The third kappa shape index (κ3) is 8.44. The third-order valence-electron chi connectivity index (χ3n) is 1.52. The number of carbonyl (C=O) groups excluding carboxylic acids is 1. The van der Waals surface area contributed by atoms with Crippen molar-refractivity contribution in [3.63, 3.8) is 0 Å². The maximum absolute atomic E-state index is 11.2. The first-order valence-corrected chi connectivity index (χ1v) is 6.32. The minimum atomic E-state index is 0.116. The van der Waals surface area contributed by atoms with E-state index in [-0.39, 0.29) is 11.9 Å². The highest BCUT2D eigenvalue weighted by Crippen LogP contribution is 2.01. The zero-order valence-electron chi connectivity index (χ0n) is 8.31. The van der Waals surface area contributed by atoms with E-state index < -0.39 is 0 Å². The summed E-state index contributed by atoms with van der Waals surface area (Å²) in [5.74, 6) is 2.76. The number of nitrogens with one attached hydrogen (secondary N) is 1. The highest BCUT2D eigenvalue weighted by Gasteiger charge is 2.05. The van der Waals surface area contributed by atoms with Gasteiger partial charge in [-0.15, -0.1) is 11.6 Å². The predicted molar refractivity (Wildman–Crippen MR) is 60.6 cm³/mol. The molecule has 0 heterocycles. The molecule has 0 aliphatic heterocycles. The third-order valence-corrected chi connectivity index (χ3v) is 2.93. The molecule has 0 aromatic heterocycles. The Bertz CT molecular complexity index is 144. The lowest BCUT2D eigenvalue weighted by Crippen LogP contribution is -2.34. The zero-order chi connectivity index (χ0) is 10.1. The summed E-state index contributed by atoms with van der Waals surface area (Å²) in [7, 11) is 0. The Morgan fingerprint density at radius 1 is 1.62 bits per heavy atom. The normalized spacial score (nSPS) is 12.5. The van der Waals surface area contributed by atoms with Gasteiger partial charge in [-0.2, -0.15) is 11.8 Å². The molecule has 0 aliphatic carbocycles. The lowest BCUT2D eigenvalue weighted by atomic mass is 10.3. The van der Waals surface area contributed by atoms with Crippen LogP contribution in [-0.2, 0) is 4.79 Å². The van der Waals surface area contributed by atoms with Crippen molar-refractivity contribution in [3.8, 4) is 0 Å². The molecule has 1 unspecified atom stereocenters. The lowest BCUT2D eigenvalue weighted by molar-refractivity contribution is -0.121. The largest absolute Gasteiger partial charge is 0.353 e. The second-order valence-electron chi connectivity index (χ2n) is 2.92. The Morgan fingerprint density at radius 3 is 2.85 bits per heavy atom. The molecule has 1 amide bonds. The molecule has 13 heavy (non-hydrogen) atoms. The van der Waals surface area contributed by atoms with Crippen LogP contribution in [0.2, 0.25) is 0 Å². The molecule has 78 valence electrons. The van der Waals surface area contributed by atoms with Crippen LogP contribution in [0.15, 0.2) is 0 Å². The van der Waals surface area contributed by atoms with Gasteiger partial charge in [-0.25, -0.2) is 0 Å². The van der Waals surface area contributed by atoms with E-state index in [9.17, 15) is 4.79 Å². The van der Waals surface area contributed by atoms with E-state index >= 15 is 0 Å². The van der Waals surface area contributed by atoms with Crippen LogP contribution in [0.5, 0.6) is 0 Å². The van der Waals surface area contributed by atoms with Crippen LogP contribution in [0.1, 0.15) is 26.7 Å². The smallest absolute Gasteiger partial charge is 0.220 e. The molecule has 1 N–H and O–H groups in total. The topological polar surface area (TPSA) is 29.1 Å². The van der Waals surface area contributed by atoms with Gasteiger partial charge in [-0.05, 0) is 19.1 Å². The second kappa shape index (κ2) is 8.70. The molecule has 0 aromatic rings. The van der Waals surface area contributed by atoms with E-state index in [0.717, 1.165) is 17.9 Å². The monoisotopic (exact) mass is 223 g/mol. The van der Waals surface area contributed by atoms with Crippen molar-refractivity contribution in [2.24, 2.45) is 0 Å². The van der Waals surface area contributed by atoms with Crippen LogP contribution >= 0.6 is 23.4 Å². The van der Waals surface area contributed by atoms with E-state index in [1.807, 2.05) is 18.7 Å². The van der Waals surface area contributed by atoms with E-state index in [4.69, 9.17) is 11.6 Å². The molecule has 0 fully saturated rings. The van der Waals surface area contributed by atoms with Crippen LogP contribution in [0.4, 0.5) is 0 Å². The first-order valence-electron chi connectivity index (χ1n) is 4.63. The van der Waals surface area contributed by atoms with Crippen LogP contribution in [0.3, 0.4) is 0 Å². The van der Waals surface area contributed by atoms with Crippen LogP contribution in [0, 0.1) is 0 Å². The van der Waals surface area contributed by atoms with Crippen molar-refractivity contribution in [2.45, 2.75) is 32.7 Å². The van der Waals surface area contributed by atoms with Crippen LogP contribution < -0.4 is 5.32 Å². The fourth-order valence-corrected chi connectivity index (χ4v) is 1.72. The summed E-state index contributed by atoms with van der Waals surface area (Å²) in [5.41, 5.74) is 0. The van der Waals surface area contributed by atoms with Gasteiger partial charge in [0.1, 0.15) is 0 Å². The highest BCUT2D eigenvalue weighted by atomic mass is 35.5. The van der Waals surface area contributed by atoms with E-state index in [1.54, 1.807) is 0 Å². The van der Waals surface area contributed by atoms with E-state index in [1.165, 1.54) is 0 Å². The number of amides is 1. The fourth-order valence-electron chi connectivity index (χ4n) is 0.911. The van der Waals surface area contributed by atoms with Crippen molar-refractivity contribution in [1.29, 1.82) is 0 Å². The van der Waals surface area contributed by atoms with Gasteiger partial charge in [0.2, 0.25) is 5.91 Å². The van der Waals surface area contributed by atoms with Gasteiger partial charge in [0.15, 0.2) is 0 Å². The first kappa shape index (κ1) is 13.1. The second-order valence-corrected chi connectivity index (χ2v) is 4.62. The maximum atomic E-state index is 11.2. The molecule has 4 heteroatoms. The van der Waals surface area contributed by atoms with Crippen molar-refractivity contribution < 1.29 is 4.79 Å². The molecule has 1 atom stereocenters. The van der Waals surface area contributed by atoms with Crippen LogP contribution in [-0.4, -0.2) is 29.3 Å². The molecule has 0 saturated carbocycles. The Balaban J connectivity index is 3.41. The van der Waals surface area contributed by atoms with Gasteiger partial charge in [0.05, 0.1) is 0 Å². The molecule has 0 spiro atoms. The number of alkyl halides is 1. The van der Waals surface area contributed by atoms with Gasteiger partial charge in [-0.1, -0.05) is 6.92 Å². The molecule has 0 aliphatic rings. The van der Waals surface area contributed by atoms with Gasteiger partial charge in [0.25, 0.3) is 0 Å². The zero-order valence-corrected chi connectivity index (χ0v) is 9.88. The van der Waals surface area contributed by atoms with Gasteiger partial charge in [-0.3, -0.25) is 4.79 Å². The lowest BCUT2D eigenvalue weighted by Gasteiger charge is -2.12. The summed E-state index contributed by atoms with van der Waals surface area (Å²) < 4.78 is 0. The summed E-state index contributed by atoms with van der Waals surface area (Å²) in [6.45, 7) is 4.15. The van der Waals surface area contributed by atoms with Crippen molar-refractivity contribution >= 4 is 29.3 Å². The summed E-state index contributed by atoms with van der Waals surface area (Å²) in [4.78, 5) is 11.2.